The van der Waals surface area contributed by atoms with Crippen molar-refractivity contribution in [3.63, 3.8) is 0 Å². The second-order valence-corrected chi connectivity index (χ2v) is 5.40. The predicted molar refractivity (Wildman–Crippen MR) is 80.0 cm³/mol. The summed E-state index contributed by atoms with van der Waals surface area (Å²) in [6.07, 6.45) is 7.36. The SMILES string of the molecule is O=C(CO/N=C\c1ccc(Cl)cc1)NC1CCCCC1. The minimum absolute atomic E-state index is 0.0411. The van der Waals surface area contributed by atoms with Gasteiger partial charge in [0.25, 0.3) is 5.91 Å². The van der Waals surface area contributed by atoms with Crippen molar-refractivity contribution in [1.29, 1.82) is 0 Å². The summed E-state index contributed by atoms with van der Waals surface area (Å²) in [6.45, 7) is -0.0411. The number of carbonyl (C=O) groups is 1. The van der Waals surface area contributed by atoms with Gasteiger partial charge in [0.05, 0.1) is 6.21 Å². The highest BCUT2D eigenvalue weighted by atomic mass is 35.5. The Kier molecular flexibility index (Phi) is 5.87. The number of rotatable bonds is 5. The molecule has 108 valence electrons. The van der Waals surface area contributed by atoms with Crippen LogP contribution in [0.25, 0.3) is 0 Å². The molecule has 20 heavy (non-hydrogen) atoms. The van der Waals surface area contributed by atoms with Gasteiger partial charge in [-0.2, -0.15) is 0 Å². The Bertz CT molecular complexity index is 453. The molecule has 1 aliphatic carbocycles. The number of halogens is 1. The second-order valence-electron chi connectivity index (χ2n) is 4.96. The van der Waals surface area contributed by atoms with Crippen molar-refractivity contribution in [1.82, 2.24) is 5.32 Å². The Labute approximate surface area is 124 Å². The van der Waals surface area contributed by atoms with Crippen LogP contribution in [-0.4, -0.2) is 24.8 Å². The van der Waals surface area contributed by atoms with Gasteiger partial charge < -0.3 is 10.2 Å². The van der Waals surface area contributed by atoms with Gasteiger partial charge in [-0.05, 0) is 30.5 Å². The molecule has 0 bridgehead atoms. The third kappa shape index (κ3) is 5.21. The Morgan fingerprint density at radius 3 is 2.70 bits per heavy atom. The van der Waals surface area contributed by atoms with E-state index in [4.69, 9.17) is 16.4 Å². The number of benzene rings is 1. The first-order chi connectivity index (χ1) is 9.74. The first-order valence-corrected chi connectivity index (χ1v) is 7.32. The van der Waals surface area contributed by atoms with Crippen LogP contribution in [0.4, 0.5) is 0 Å². The molecule has 0 aromatic heterocycles. The van der Waals surface area contributed by atoms with E-state index in [1.807, 2.05) is 12.1 Å². The molecule has 0 radical (unpaired) electrons. The number of hydrogen-bond acceptors (Lipinski definition) is 3. The van der Waals surface area contributed by atoms with Crippen molar-refractivity contribution in [3.8, 4) is 0 Å². The molecule has 0 heterocycles. The molecule has 1 aliphatic rings. The van der Waals surface area contributed by atoms with Crippen LogP contribution >= 0.6 is 11.6 Å². The van der Waals surface area contributed by atoms with Crippen LogP contribution in [0.5, 0.6) is 0 Å². The maximum Gasteiger partial charge on any atom is 0.260 e. The molecule has 4 nitrogen and oxygen atoms in total. The molecule has 2 rings (SSSR count). The molecule has 5 heteroatoms. The van der Waals surface area contributed by atoms with E-state index in [-0.39, 0.29) is 12.5 Å². The van der Waals surface area contributed by atoms with Crippen LogP contribution in [0, 0.1) is 0 Å². The number of nitrogens with zero attached hydrogens (tertiary/aromatic N) is 1. The van der Waals surface area contributed by atoms with Gasteiger partial charge in [0.15, 0.2) is 6.61 Å². The van der Waals surface area contributed by atoms with Crippen molar-refractivity contribution in [2.24, 2.45) is 5.16 Å². The molecule has 0 spiro atoms. The van der Waals surface area contributed by atoms with Gasteiger partial charge >= 0.3 is 0 Å². The van der Waals surface area contributed by atoms with Crippen LogP contribution in [0.1, 0.15) is 37.7 Å². The van der Waals surface area contributed by atoms with E-state index in [1.165, 1.54) is 19.3 Å². The normalized spacial score (nSPS) is 16.2. The lowest BCUT2D eigenvalue weighted by atomic mass is 9.95. The summed E-state index contributed by atoms with van der Waals surface area (Å²) in [4.78, 5) is 16.6. The van der Waals surface area contributed by atoms with Crippen molar-refractivity contribution < 1.29 is 9.63 Å². The van der Waals surface area contributed by atoms with E-state index in [1.54, 1.807) is 18.3 Å². The first-order valence-electron chi connectivity index (χ1n) is 6.94. The third-order valence-electron chi connectivity index (χ3n) is 3.31. The minimum atomic E-state index is -0.106. The number of nitrogens with one attached hydrogen (secondary N) is 1. The highest BCUT2D eigenvalue weighted by Crippen LogP contribution is 2.17. The molecular formula is C15H19ClN2O2. The Balaban J connectivity index is 1.66. The fourth-order valence-corrected chi connectivity index (χ4v) is 2.39. The van der Waals surface area contributed by atoms with Crippen molar-refractivity contribution in [2.45, 2.75) is 38.1 Å². The molecule has 1 aromatic carbocycles. The van der Waals surface area contributed by atoms with Crippen LogP contribution < -0.4 is 5.32 Å². The summed E-state index contributed by atoms with van der Waals surface area (Å²) >= 11 is 5.78. The van der Waals surface area contributed by atoms with Gasteiger partial charge in [0, 0.05) is 11.1 Å². The number of amides is 1. The van der Waals surface area contributed by atoms with Gasteiger partial charge in [-0.15, -0.1) is 0 Å². The molecule has 1 N–H and O–H groups in total. The number of carbonyl (C=O) groups excluding carboxylic acids is 1. The largest absolute Gasteiger partial charge is 0.386 e. The summed E-state index contributed by atoms with van der Waals surface area (Å²) in [6, 6.07) is 7.52. The van der Waals surface area contributed by atoms with Crippen molar-refractivity contribution in [2.75, 3.05) is 6.61 Å². The zero-order valence-electron chi connectivity index (χ0n) is 11.3. The molecule has 1 amide bonds. The van der Waals surface area contributed by atoms with Gasteiger partial charge in [0.2, 0.25) is 0 Å². The molecule has 1 saturated carbocycles. The predicted octanol–water partition coefficient (Wildman–Crippen LogP) is 3.14. The second kappa shape index (κ2) is 7.90. The van der Waals surface area contributed by atoms with Crippen LogP contribution in [0.3, 0.4) is 0 Å². The summed E-state index contributed by atoms with van der Waals surface area (Å²) in [5.41, 5.74) is 0.877. The standard InChI is InChI=1S/C15H19ClN2O2/c16-13-8-6-12(7-9-13)10-17-20-11-15(19)18-14-4-2-1-3-5-14/h6-10,14H,1-5,11H2,(H,18,19)/b17-10-. The molecule has 0 atom stereocenters. The molecule has 0 unspecified atom stereocenters. The van der Waals surface area contributed by atoms with Gasteiger partial charge in [0.1, 0.15) is 0 Å². The quantitative estimate of drug-likeness (QED) is 0.670. The Hall–Kier alpha value is -1.55. The Morgan fingerprint density at radius 1 is 1.30 bits per heavy atom. The highest BCUT2D eigenvalue weighted by molar-refractivity contribution is 6.30. The van der Waals surface area contributed by atoms with Crippen molar-refractivity contribution >= 4 is 23.7 Å². The van der Waals surface area contributed by atoms with Crippen LogP contribution in [0.15, 0.2) is 29.4 Å². The minimum Gasteiger partial charge on any atom is -0.386 e. The maximum atomic E-state index is 11.6. The van der Waals surface area contributed by atoms with Gasteiger partial charge in [-0.3, -0.25) is 4.79 Å². The zero-order valence-corrected chi connectivity index (χ0v) is 12.1. The topological polar surface area (TPSA) is 50.7 Å². The maximum absolute atomic E-state index is 11.6. The lowest BCUT2D eigenvalue weighted by Gasteiger charge is -2.22. The van der Waals surface area contributed by atoms with E-state index < -0.39 is 0 Å². The third-order valence-corrected chi connectivity index (χ3v) is 3.56. The van der Waals surface area contributed by atoms with E-state index in [0.717, 1.165) is 18.4 Å². The van der Waals surface area contributed by atoms with E-state index in [0.29, 0.717) is 11.1 Å². The summed E-state index contributed by atoms with van der Waals surface area (Å²) < 4.78 is 0. The molecule has 1 aromatic rings. The molecular weight excluding hydrogens is 276 g/mol. The first kappa shape index (κ1) is 14.9. The van der Waals surface area contributed by atoms with E-state index in [2.05, 4.69) is 10.5 Å². The highest BCUT2D eigenvalue weighted by Gasteiger charge is 2.15. The summed E-state index contributed by atoms with van der Waals surface area (Å²) in [7, 11) is 0. The monoisotopic (exact) mass is 294 g/mol. The average molecular weight is 295 g/mol. The summed E-state index contributed by atoms with van der Waals surface area (Å²) in [5.74, 6) is -0.106. The van der Waals surface area contributed by atoms with E-state index >= 15 is 0 Å². The fraction of sp³-hybridized carbons (Fsp3) is 0.467. The fourth-order valence-electron chi connectivity index (χ4n) is 2.26. The van der Waals surface area contributed by atoms with Gasteiger partial charge in [-0.1, -0.05) is 48.2 Å². The molecule has 0 aliphatic heterocycles. The lowest BCUT2D eigenvalue weighted by Crippen LogP contribution is -2.38. The number of oxime groups is 1. The average Bonchev–Trinajstić information content (AvgIpc) is 2.46. The zero-order chi connectivity index (χ0) is 14.2. The summed E-state index contributed by atoms with van der Waals surface area (Å²) in [5, 5.41) is 7.42. The van der Waals surface area contributed by atoms with Crippen molar-refractivity contribution in [3.05, 3.63) is 34.9 Å². The number of hydrogen-bond donors (Lipinski definition) is 1. The van der Waals surface area contributed by atoms with Crippen LogP contribution in [0.2, 0.25) is 5.02 Å². The Morgan fingerprint density at radius 2 is 2.00 bits per heavy atom. The van der Waals surface area contributed by atoms with E-state index in [9.17, 15) is 4.79 Å². The molecule has 1 fully saturated rings. The molecule has 0 saturated heterocycles. The van der Waals surface area contributed by atoms with Gasteiger partial charge in [-0.25, -0.2) is 0 Å². The van der Waals surface area contributed by atoms with Crippen LogP contribution in [-0.2, 0) is 9.63 Å². The lowest BCUT2D eigenvalue weighted by molar-refractivity contribution is -0.126. The smallest absolute Gasteiger partial charge is 0.260 e.